The van der Waals surface area contributed by atoms with E-state index in [-0.39, 0.29) is 37.9 Å². The number of ketones is 2. The number of aliphatic hydroxyl groups excluding tert-OH is 2. The van der Waals surface area contributed by atoms with Gasteiger partial charge in [0.25, 0.3) is 0 Å². The van der Waals surface area contributed by atoms with Crippen LogP contribution in [0, 0.1) is 0 Å². The Bertz CT molecular complexity index is 1140. The molecule has 0 fully saturated rings. The van der Waals surface area contributed by atoms with Gasteiger partial charge in [-0.3, -0.25) is 9.59 Å². The molecule has 0 heterocycles. The van der Waals surface area contributed by atoms with Crippen LogP contribution < -0.4 is 0 Å². The first-order chi connectivity index (χ1) is 15.5. The van der Waals surface area contributed by atoms with Gasteiger partial charge in [0.05, 0.1) is 37.7 Å². The molecule has 0 aromatic heterocycles. The predicted molar refractivity (Wildman–Crippen MR) is 122 cm³/mol. The molecule has 8 heteroatoms. The third-order valence-corrected chi connectivity index (χ3v) is 7.60. The Kier molecular flexibility index (Phi) is 7.10. The van der Waals surface area contributed by atoms with Gasteiger partial charge in [0.1, 0.15) is 0 Å². The van der Waals surface area contributed by atoms with Gasteiger partial charge in [-0.25, -0.2) is 0 Å². The average Bonchev–Trinajstić information content (AvgIpc) is 2.82. The quantitative estimate of drug-likeness (QED) is 0.384. The van der Waals surface area contributed by atoms with Gasteiger partial charge in [0, 0.05) is 32.0 Å². The number of carbonyl (C=O) groups excluding carboxylic acids is 2. The Morgan fingerprint density at radius 3 is 1.88 bits per heavy atom. The van der Waals surface area contributed by atoms with Crippen LogP contribution in [0.15, 0.2) is 81.4 Å². The van der Waals surface area contributed by atoms with Crippen LogP contribution in [0.25, 0.3) is 0 Å². The molecular formula is C24H21NO5S2. The molecule has 0 spiro atoms. The zero-order valence-corrected chi connectivity index (χ0v) is 18.7. The molecule has 0 saturated heterocycles. The largest absolute Gasteiger partial charge is 0.593 e. The Balaban J connectivity index is 1.53. The predicted octanol–water partition coefficient (Wildman–Crippen LogP) is 2.92. The molecule has 0 amide bonds. The Hall–Kier alpha value is -2.46. The number of aliphatic hydroxyl groups is 2. The van der Waals surface area contributed by atoms with Crippen molar-refractivity contribution in [1.29, 1.82) is 0 Å². The van der Waals surface area contributed by atoms with Gasteiger partial charge < -0.3 is 14.8 Å². The van der Waals surface area contributed by atoms with Gasteiger partial charge in [0.15, 0.2) is 16.5 Å². The van der Waals surface area contributed by atoms with Crippen molar-refractivity contribution >= 4 is 34.7 Å². The van der Waals surface area contributed by atoms with Crippen molar-refractivity contribution in [3.05, 3.63) is 89.0 Å². The van der Waals surface area contributed by atoms with E-state index < -0.39 is 11.4 Å². The highest BCUT2D eigenvalue weighted by Crippen LogP contribution is 2.34. The standard InChI is InChI=1S/C24H21NO5S2/c26-13-11-25(12-14-27)32(30)18-8-5-16(6-9-18)31-17-7-10-21-22(15-17)24(29)20-4-2-1-3-19(20)23(21)28/h1-10,15,26-27H,11-14H2. The molecule has 3 aromatic carbocycles. The minimum absolute atomic E-state index is 0.145. The Labute approximate surface area is 193 Å². The number of nitrogens with zero attached hydrogens (tertiary/aromatic N) is 1. The van der Waals surface area contributed by atoms with E-state index in [1.165, 1.54) is 16.1 Å². The number of rotatable bonds is 8. The van der Waals surface area contributed by atoms with Crippen molar-refractivity contribution < 1.29 is 24.4 Å². The summed E-state index contributed by atoms with van der Waals surface area (Å²) < 4.78 is 14.2. The van der Waals surface area contributed by atoms with E-state index in [4.69, 9.17) is 10.2 Å². The first-order valence-corrected chi connectivity index (χ1v) is 11.9. The summed E-state index contributed by atoms with van der Waals surface area (Å²) in [6.07, 6.45) is 0. The van der Waals surface area contributed by atoms with Gasteiger partial charge in [-0.2, -0.15) is 0 Å². The summed E-state index contributed by atoms with van der Waals surface area (Å²) in [5.74, 6) is -0.301. The van der Waals surface area contributed by atoms with Crippen LogP contribution in [-0.2, 0) is 11.4 Å². The van der Waals surface area contributed by atoms with Gasteiger partial charge in [-0.05, 0) is 42.5 Å². The van der Waals surface area contributed by atoms with Crippen molar-refractivity contribution in [2.45, 2.75) is 14.7 Å². The van der Waals surface area contributed by atoms with Crippen molar-refractivity contribution in [3.8, 4) is 0 Å². The maximum atomic E-state index is 12.9. The summed E-state index contributed by atoms with van der Waals surface area (Å²) in [4.78, 5) is 27.9. The average molecular weight is 468 g/mol. The zero-order valence-electron chi connectivity index (χ0n) is 17.1. The van der Waals surface area contributed by atoms with E-state index in [0.717, 1.165) is 9.79 Å². The summed E-state index contributed by atoms with van der Waals surface area (Å²) in [5.41, 5.74) is 1.68. The van der Waals surface area contributed by atoms with E-state index >= 15 is 0 Å². The van der Waals surface area contributed by atoms with Crippen LogP contribution in [0.4, 0.5) is 0 Å². The van der Waals surface area contributed by atoms with E-state index in [1.807, 2.05) is 18.2 Å². The van der Waals surface area contributed by atoms with Gasteiger partial charge in [-0.15, -0.1) is 4.31 Å². The summed E-state index contributed by atoms with van der Waals surface area (Å²) in [6.45, 7) is 0.108. The second kappa shape index (κ2) is 9.99. The summed E-state index contributed by atoms with van der Waals surface area (Å²) in [5, 5.41) is 18.3. The number of fused-ring (bicyclic) bond motifs is 2. The first-order valence-electron chi connectivity index (χ1n) is 10.0. The molecule has 0 aliphatic heterocycles. The first kappa shape index (κ1) is 22.7. The third kappa shape index (κ3) is 4.52. The van der Waals surface area contributed by atoms with Crippen LogP contribution >= 0.6 is 11.8 Å². The van der Waals surface area contributed by atoms with Crippen molar-refractivity contribution in [1.82, 2.24) is 4.31 Å². The van der Waals surface area contributed by atoms with Crippen LogP contribution in [-0.4, -0.2) is 56.9 Å². The van der Waals surface area contributed by atoms with E-state index in [2.05, 4.69) is 0 Å². The molecule has 32 heavy (non-hydrogen) atoms. The summed E-state index contributed by atoms with van der Waals surface area (Å²) in [6, 6.07) is 19.2. The molecular weight excluding hydrogens is 446 g/mol. The lowest BCUT2D eigenvalue weighted by molar-refractivity contribution is 0.0979. The second-order valence-electron chi connectivity index (χ2n) is 7.11. The monoisotopic (exact) mass is 467 g/mol. The summed E-state index contributed by atoms with van der Waals surface area (Å²) in [7, 11) is 0. The maximum absolute atomic E-state index is 12.9. The minimum Gasteiger partial charge on any atom is -0.593 e. The van der Waals surface area contributed by atoms with E-state index in [9.17, 15) is 14.1 Å². The van der Waals surface area contributed by atoms with Crippen molar-refractivity contribution in [2.75, 3.05) is 26.3 Å². The molecule has 3 aromatic rings. The normalized spacial score (nSPS) is 13.8. The highest BCUT2D eigenvalue weighted by atomic mass is 32.2. The van der Waals surface area contributed by atoms with Crippen molar-refractivity contribution in [2.24, 2.45) is 0 Å². The highest BCUT2D eigenvalue weighted by molar-refractivity contribution is 7.99. The Morgan fingerprint density at radius 2 is 1.28 bits per heavy atom. The van der Waals surface area contributed by atoms with Crippen LogP contribution in [0.5, 0.6) is 0 Å². The fourth-order valence-corrected chi connectivity index (χ4v) is 5.57. The van der Waals surface area contributed by atoms with Crippen LogP contribution in [0.3, 0.4) is 0 Å². The number of benzene rings is 3. The molecule has 1 atom stereocenters. The second-order valence-corrected chi connectivity index (χ2v) is 9.74. The third-order valence-electron chi connectivity index (χ3n) is 5.09. The van der Waals surface area contributed by atoms with E-state index in [1.54, 1.807) is 48.5 Å². The molecule has 1 aliphatic rings. The molecule has 164 valence electrons. The lowest BCUT2D eigenvalue weighted by Crippen LogP contribution is -2.35. The Morgan fingerprint density at radius 1 is 0.750 bits per heavy atom. The molecule has 6 nitrogen and oxygen atoms in total. The lowest BCUT2D eigenvalue weighted by atomic mass is 9.84. The van der Waals surface area contributed by atoms with Crippen LogP contribution in [0.2, 0.25) is 0 Å². The van der Waals surface area contributed by atoms with E-state index in [0.29, 0.717) is 27.1 Å². The molecule has 1 aliphatic carbocycles. The fraction of sp³-hybridized carbons (Fsp3) is 0.167. The molecule has 0 bridgehead atoms. The number of hydrogen-bond acceptors (Lipinski definition) is 7. The minimum atomic E-state index is -1.49. The molecule has 1 unspecified atom stereocenters. The van der Waals surface area contributed by atoms with Crippen LogP contribution in [0.1, 0.15) is 31.8 Å². The molecule has 0 radical (unpaired) electrons. The lowest BCUT2D eigenvalue weighted by Gasteiger charge is -2.22. The van der Waals surface area contributed by atoms with Gasteiger partial charge in [0.2, 0.25) is 0 Å². The van der Waals surface area contributed by atoms with Gasteiger partial charge >= 0.3 is 0 Å². The van der Waals surface area contributed by atoms with Crippen molar-refractivity contribution in [3.63, 3.8) is 0 Å². The topological polar surface area (TPSA) is 101 Å². The smallest absolute Gasteiger partial charge is 0.194 e. The zero-order chi connectivity index (χ0) is 22.7. The fourth-order valence-electron chi connectivity index (χ4n) is 3.55. The molecule has 4 rings (SSSR count). The molecule has 0 saturated carbocycles. The van der Waals surface area contributed by atoms with Gasteiger partial charge in [-0.1, -0.05) is 36.0 Å². The number of hydrogen-bond donors (Lipinski definition) is 2. The number of carbonyl (C=O) groups is 2. The molecule has 2 N–H and O–H groups in total. The highest BCUT2D eigenvalue weighted by Gasteiger charge is 2.29. The summed E-state index contributed by atoms with van der Waals surface area (Å²) >= 11 is -0.0473. The SMILES string of the molecule is O=C1c2ccccc2C(=O)c2cc(Sc3ccc([S+]([O-])N(CCO)CCO)cc3)ccc21. The maximum Gasteiger partial charge on any atom is 0.194 e.